The van der Waals surface area contributed by atoms with Crippen LogP contribution in [0.15, 0.2) is 30.4 Å². The van der Waals surface area contributed by atoms with Crippen molar-refractivity contribution in [2.45, 2.75) is 25.8 Å². The van der Waals surface area contributed by atoms with Crippen molar-refractivity contribution < 1.29 is 14.4 Å². The third-order valence-corrected chi connectivity index (χ3v) is 6.06. The Bertz CT molecular complexity index is 928. The van der Waals surface area contributed by atoms with E-state index in [1.54, 1.807) is 25.1 Å². The maximum atomic E-state index is 12.6. The molecule has 3 amide bonds. The molecule has 2 heterocycles. The number of halogens is 1. The number of imide groups is 1. The topological polar surface area (TPSA) is 79.4 Å². The van der Waals surface area contributed by atoms with Crippen molar-refractivity contribution in [3.8, 4) is 0 Å². The van der Waals surface area contributed by atoms with E-state index >= 15 is 0 Å². The number of rotatable bonds is 3. The van der Waals surface area contributed by atoms with Gasteiger partial charge in [0.15, 0.2) is 5.13 Å². The summed E-state index contributed by atoms with van der Waals surface area (Å²) >= 11 is 7.26. The lowest BCUT2D eigenvalue weighted by Gasteiger charge is -2.21. The van der Waals surface area contributed by atoms with Crippen LogP contribution in [0.5, 0.6) is 0 Å². The van der Waals surface area contributed by atoms with Gasteiger partial charge in [-0.2, -0.15) is 0 Å². The van der Waals surface area contributed by atoms with Crippen molar-refractivity contribution in [3.63, 3.8) is 0 Å². The van der Waals surface area contributed by atoms with Gasteiger partial charge in [-0.05, 0) is 38.0 Å². The van der Waals surface area contributed by atoms with E-state index in [2.05, 4.69) is 10.3 Å². The zero-order chi connectivity index (χ0) is 18.4. The fourth-order valence-corrected chi connectivity index (χ4v) is 4.63. The highest BCUT2D eigenvalue weighted by Gasteiger charge is 2.50. The van der Waals surface area contributed by atoms with Crippen molar-refractivity contribution in [2.75, 3.05) is 5.32 Å². The fourth-order valence-electron chi connectivity index (χ4n) is 3.49. The Morgan fingerprint density at radius 3 is 2.58 bits per heavy atom. The minimum atomic E-state index is -0.879. The zero-order valence-corrected chi connectivity index (χ0v) is 15.5. The molecule has 0 saturated carbocycles. The number of hydrogen-bond acceptors (Lipinski definition) is 5. The van der Waals surface area contributed by atoms with Crippen LogP contribution in [0.2, 0.25) is 5.02 Å². The summed E-state index contributed by atoms with van der Waals surface area (Å²) in [5.41, 5.74) is 0.729. The van der Waals surface area contributed by atoms with Gasteiger partial charge in [0.2, 0.25) is 17.7 Å². The molecular formula is C18H16ClN3O3S. The highest BCUT2D eigenvalue weighted by atomic mass is 35.5. The number of carbonyl (C=O) groups excluding carboxylic acids is 3. The van der Waals surface area contributed by atoms with Gasteiger partial charge in [0.1, 0.15) is 6.04 Å². The summed E-state index contributed by atoms with van der Waals surface area (Å²) in [6, 6.07) is 4.41. The van der Waals surface area contributed by atoms with Gasteiger partial charge in [-0.15, -0.1) is 0 Å². The van der Waals surface area contributed by atoms with Gasteiger partial charge in [0.05, 0.1) is 22.1 Å². The lowest BCUT2D eigenvalue weighted by molar-refractivity contribution is -0.146. The van der Waals surface area contributed by atoms with Gasteiger partial charge in [-0.25, -0.2) is 4.98 Å². The maximum absolute atomic E-state index is 12.6. The van der Waals surface area contributed by atoms with Crippen LogP contribution in [0, 0.1) is 11.8 Å². The number of carbonyl (C=O) groups is 3. The molecule has 4 rings (SSSR count). The number of nitrogens with one attached hydrogen (secondary N) is 1. The number of nitrogens with zero attached hydrogens (tertiary/aromatic N) is 2. The van der Waals surface area contributed by atoms with E-state index in [0.29, 0.717) is 23.0 Å². The summed E-state index contributed by atoms with van der Waals surface area (Å²) in [4.78, 5) is 43.2. The molecule has 3 atom stereocenters. The molecule has 0 unspecified atom stereocenters. The monoisotopic (exact) mass is 389 g/mol. The summed E-state index contributed by atoms with van der Waals surface area (Å²) in [6.07, 6.45) is 4.96. The summed E-state index contributed by atoms with van der Waals surface area (Å²) in [5, 5.41) is 3.72. The highest BCUT2D eigenvalue weighted by molar-refractivity contribution is 7.22. The number of hydrogen-bond donors (Lipinski definition) is 1. The van der Waals surface area contributed by atoms with E-state index in [4.69, 9.17) is 11.6 Å². The van der Waals surface area contributed by atoms with Gasteiger partial charge in [0.25, 0.3) is 0 Å². The molecule has 1 fully saturated rings. The number of anilines is 1. The molecular weight excluding hydrogens is 374 g/mol. The largest absolute Gasteiger partial charge is 0.300 e. The number of thiazole rings is 1. The van der Waals surface area contributed by atoms with Crippen molar-refractivity contribution in [3.05, 3.63) is 35.4 Å². The van der Waals surface area contributed by atoms with Crippen LogP contribution in [-0.2, 0) is 14.4 Å². The van der Waals surface area contributed by atoms with Crippen LogP contribution in [0.25, 0.3) is 10.2 Å². The molecule has 1 aliphatic heterocycles. The molecule has 1 saturated heterocycles. The molecule has 1 N–H and O–H groups in total. The van der Waals surface area contributed by atoms with Crippen molar-refractivity contribution in [2.24, 2.45) is 11.8 Å². The Balaban J connectivity index is 1.52. The van der Waals surface area contributed by atoms with Gasteiger partial charge >= 0.3 is 0 Å². The normalized spacial score (nSPS) is 23.4. The molecule has 6 nitrogen and oxygen atoms in total. The Hall–Kier alpha value is -2.25. The van der Waals surface area contributed by atoms with E-state index < -0.39 is 11.9 Å². The van der Waals surface area contributed by atoms with E-state index in [-0.39, 0.29) is 23.7 Å². The third kappa shape index (κ3) is 2.81. The zero-order valence-electron chi connectivity index (χ0n) is 13.9. The molecule has 1 aromatic heterocycles. The lowest BCUT2D eigenvalue weighted by atomic mass is 9.85. The second kappa shape index (κ2) is 6.48. The Labute approximate surface area is 158 Å². The number of likely N-dealkylation sites (tertiary alicyclic amines) is 1. The molecule has 2 aromatic rings. The second-order valence-electron chi connectivity index (χ2n) is 6.50. The predicted octanol–water partition coefficient (Wildman–Crippen LogP) is 3.23. The number of aromatic nitrogens is 1. The first-order chi connectivity index (χ1) is 12.5. The van der Waals surface area contributed by atoms with Crippen LogP contribution >= 0.6 is 22.9 Å². The molecule has 134 valence electrons. The van der Waals surface area contributed by atoms with Crippen LogP contribution in [-0.4, -0.2) is 33.6 Å². The summed E-state index contributed by atoms with van der Waals surface area (Å²) in [5.74, 6) is -1.63. The van der Waals surface area contributed by atoms with Crippen LogP contribution in [0.4, 0.5) is 5.13 Å². The first-order valence-electron chi connectivity index (χ1n) is 8.34. The maximum Gasteiger partial charge on any atom is 0.249 e. The smallest absolute Gasteiger partial charge is 0.249 e. The molecule has 26 heavy (non-hydrogen) atoms. The number of fused-ring (bicyclic) bond motifs is 2. The molecule has 0 bridgehead atoms. The van der Waals surface area contributed by atoms with E-state index in [1.165, 1.54) is 11.3 Å². The SMILES string of the molecule is C[C@@H](C(=O)Nc1nc2ccc(Cl)cc2s1)N1C(=O)[C@@H]2CC=CC[C@H]2C1=O. The highest BCUT2D eigenvalue weighted by Crippen LogP contribution is 2.36. The van der Waals surface area contributed by atoms with Gasteiger partial charge in [-0.3, -0.25) is 19.3 Å². The average Bonchev–Trinajstić information content (AvgIpc) is 3.13. The number of benzene rings is 1. The molecule has 0 spiro atoms. The van der Waals surface area contributed by atoms with Crippen LogP contribution < -0.4 is 5.32 Å². The molecule has 0 radical (unpaired) electrons. The minimum Gasteiger partial charge on any atom is -0.300 e. The molecule has 1 aromatic carbocycles. The third-order valence-electron chi connectivity index (χ3n) is 4.89. The molecule has 2 aliphatic rings. The predicted molar refractivity (Wildman–Crippen MR) is 99.9 cm³/mol. The number of allylic oxidation sites excluding steroid dienone is 2. The Morgan fingerprint density at radius 2 is 1.92 bits per heavy atom. The summed E-state index contributed by atoms with van der Waals surface area (Å²) < 4.78 is 0.853. The van der Waals surface area contributed by atoms with Crippen LogP contribution in [0.1, 0.15) is 19.8 Å². The number of amides is 3. The van der Waals surface area contributed by atoms with E-state index in [0.717, 1.165) is 15.1 Å². The Kier molecular flexibility index (Phi) is 4.28. The van der Waals surface area contributed by atoms with Gasteiger partial charge in [0, 0.05) is 5.02 Å². The van der Waals surface area contributed by atoms with E-state index in [1.807, 2.05) is 12.2 Å². The van der Waals surface area contributed by atoms with Crippen molar-refractivity contribution in [1.29, 1.82) is 0 Å². The minimum absolute atomic E-state index is 0.261. The molecule has 1 aliphatic carbocycles. The lowest BCUT2D eigenvalue weighted by Crippen LogP contribution is -2.46. The van der Waals surface area contributed by atoms with Crippen molar-refractivity contribution >= 4 is 56.0 Å². The first kappa shape index (κ1) is 17.2. The molecule has 8 heteroatoms. The van der Waals surface area contributed by atoms with Gasteiger partial charge < -0.3 is 5.32 Å². The Morgan fingerprint density at radius 1 is 1.27 bits per heavy atom. The summed E-state index contributed by atoms with van der Waals surface area (Å²) in [6.45, 7) is 1.57. The first-order valence-corrected chi connectivity index (χ1v) is 9.54. The quantitative estimate of drug-likeness (QED) is 0.645. The van der Waals surface area contributed by atoms with E-state index in [9.17, 15) is 14.4 Å². The standard InChI is InChI=1S/C18H16ClN3O3S/c1-9(22-16(24)11-4-2-3-5-12(11)17(22)25)15(23)21-18-20-13-7-6-10(19)8-14(13)26-18/h2-3,6-9,11-12H,4-5H2,1H3,(H,20,21,23)/t9-,11+,12+/m0/s1. The summed E-state index contributed by atoms with van der Waals surface area (Å²) in [7, 11) is 0. The van der Waals surface area contributed by atoms with Gasteiger partial charge in [-0.1, -0.05) is 35.1 Å². The van der Waals surface area contributed by atoms with Crippen LogP contribution in [0.3, 0.4) is 0 Å². The van der Waals surface area contributed by atoms with Crippen molar-refractivity contribution in [1.82, 2.24) is 9.88 Å². The second-order valence-corrected chi connectivity index (χ2v) is 7.97. The fraction of sp³-hybridized carbons (Fsp3) is 0.333. The average molecular weight is 390 g/mol.